The summed E-state index contributed by atoms with van der Waals surface area (Å²) in [6.45, 7) is 3.84. The van der Waals surface area contributed by atoms with Gasteiger partial charge in [-0.15, -0.1) is 0 Å². The summed E-state index contributed by atoms with van der Waals surface area (Å²) in [7, 11) is 0. The standard InChI is InChI=1S/C13H19N3O4/c1-9-5-15(7-11(8-17)20-9)6-10-2-3-12(14)13(4-10)16(18)19/h2-4,9,11,17H,5-8,14H2,1H3. The Morgan fingerprint density at radius 3 is 2.95 bits per heavy atom. The van der Waals surface area contributed by atoms with Crippen LogP contribution in [0.2, 0.25) is 0 Å². The molecule has 2 atom stereocenters. The molecule has 1 aliphatic heterocycles. The van der Waals surface area contributed by atoms with Crippen LogP contribution in [-0.2, 0) is 11.3 Å². The fourth-order valence-electron chi connectivity index (χ4n) is 2.47. The zero-order valence-corrected chi connectivity index (χ0v) is 11.4. The first kappa shape index (κ1) is 14.7. The highest BCUT2D eigenvalue weighted by Gasteiger charge is 2.25. The second kappa shape index (κ2) is 6.17. The van der Waals surface area contributed by atoms with Gasteiger partial charge in [0.25, 0.3) is 5.69 Å². The third-order valence-corrected chi connectivity index (χ3v) is 3.30. The van der Waals surface area contributed by atoms with Gasteiger partial charge in [-0.2, -0.15) is 0 Å². The number of anilines is 1. The molecule has 0 saturated carbocycles. The predicted octanol–water partition coefficient (Wildman–Crippen LogP) is 0.759. The van der Waals surface area contributed by atoms with Gasteiger partial charge in [0, 0.05) is 25.7 Å². The lowest BCUT2D eigenvalue weighted by Crippen LogP contribution is -2.47. The maximum Gasteiger partial charge on any atom is 0.292 e. The van der Waals surface area contributed by atoms with Crippen molar-refractivity contribution in [3.05, 3.63) is 33.9 Å². The monoisotopic (exact) mass is 281 g/mol. The largest absolute Gasteiger partial charge is 0.394 e. The second-order valence-electron chi connectivity index (χ2n) is 5.10. The molecule has 2 rings (SSSR count). The fourth-order valence-corrected chi connectivity index (χ4v) is 2.47. The normalized spacial score (nSPS) is 23.7. The van der Waals surface area contributed by atoms with Crippen molar-refractivity contribution in [3.8, 4) is 0 Å². The lowest BCUT2D eigenvalue weighted by Gasteiger charge is -2.36. The van der Waals surface area contributed by atoms with Crippen LogP contribution in [0.15, 0.2) is 18.2 Å². The van der Waals surface area contributed by atoms with Crippen LogP contribution in [0.3, 0.4) is 0 Å². The number of nitrogens with zero attached hydrogens (tertiary/aromatic N) is 2. The molecule has 7 nitrogen and oxygen atoms in total. The second-order valence-corrected chi connectivity index (χ2v) is 5.10. The van der Waals surface area contributed by atoms with E-state index in [4.69, 9.17) is 10.5 Å². The number of morpholine rings is 1. The molecule has 7 heteroatoms. The van der Waals surface area contributed by atoms with Gasteiger partial charge in [0.15, 0.2) is 0 Å². The SMILES string of the molecule is CC1CN(Cc2ccc(N)c([N+](=O)[O-])c2)CC(CO)O1. The molecule has 3 N–H and O–H groups in total. The van der Waals surface area contributed by atoms with Gasteiger partial charge in [-0.3, -0.25) is 15.0 Å². The molecular weight excluding hydrogens is 262 g/mol. The number of rotatable bonds is 4. The van der Waals surface area contributed by atoms with E-state index in [1.54, 1.807) is 12.1 Å². The molecule has 1 aromatic carbocycles. The molecule has 0 radical (unpaired) electrons. The van der Waals surface area contributed by atoms with Gasteiger partial charge < -0.3 is 15.6 Å². The highest BCUT2D eigenvalue weighted by atomic mass is 16.6. The number of nitrogen functional groups attached to an aromatic ring is 1. The summed E-state index contributed by atoms with van der Waals surface area (Å²) < 4.78 is 5.56. The number of ether oxygens (including phenoxy) is 1. The average molecular weight is 281 g/mol. The van der Waals surface area contributed by atoms with E-state index in [9.17, 15) is 15.2 Å². The van der Waals surface area contributed by atoms with Crippen LogP contribution in [0.4, 0.5) is 11.4 Å². The zero-order chi connectivity index (χ0) is 14.7. The molecular formula is C13H19N3O4. The summed E-state index contributed by atoms with van der Waals surface area (Å²) in [5.74, 6) is 0. The van der Waals surface area contributed by atoms with Gasteiger partial charge >= 0.3 is 0 Å². The number of hydrogen-bond donors (Lipinski definition) is 2. The molecule has 1 heterocycles. The van der Waals surface area contributed by atoms with Crippen LogP contribution >= 0.6 is 0 Å². The van der Waals surface area contributed by atoms with Crippen LogP contribution in [0, 0.1) is 10.1 Å². The summed E-state index contributed by atoms with van der Waals surface area (Å²) in [5.41, 5.74) is 6.51. The molecule has 0 spiro atoms. The Balaban J connectivity index is 2.09. The Morgan fingerprint density at radius 2 is 2.30 bits per heavy atom. The lowest BCUT2D eigenvalue weighted by atomic mass is 10.1. The first-order chi connectivity index (χ1) is 9.49. The molecule has 1 aliphatic rings. The molecule has 1 fully saturated rings. The predicted molar refractivity (Wildman–Crippen MR) is 74.2 cm³/mol. The fraction of sp³-hybridized carbons (Fsp3) is 0.538. The first-order valence-corrected chi connectivity index (χ1v) is 6.51. The Labute approximate surface area is 117 Å². The smallest absolute Gasteiger partial charge is 0.292 e. The molecule has 1 aromatic rings. The van der Waals surface area contributed by atoms with Crippen molar-refractivity contribution in [1.29, 1.82) is 0 Å². The van der Waals surface area contributed by atoms with Gasteiger partial charge in [0.1, 0.15) is 5.69 Å². The van der Waals surface area contributed by atoms with Gasteiger partial charge in [0.05, 0.1) is 23.7 Å². The van der Waals surface area contributed by atoms with Crippen LogP contribution in [0.25, 0.3) is 0 Å². The zero-order valence-electron chi connectivity index (χ0n) is 11.4. The van der Waals surface area contributed by atoms with Crippen molar-refractivity contribution < 1.29 is 14.8 Å². The van der Waals surface area contributed by atoms with Crippen LogP contribution in [0.5, 0.6) is 0 Å². The molecule has 20 heavy (non-hydrogen) atoms. The lowest BCUT2D eigenvalue weighted by molar-refractivity contribution is -0.384. The molecule has 1 saturated heterocycles. The average Bonchev–Trinajstić information content (AvgIpc) is 2.40. The van der Waals surface area contributed by atoms with Gasteiger partial charge in [-0.1, -0.05) is 6.07 Å². The Kier molecular flexibility index (Phi) is 4.53. The summed E-state index contributed by atoms with van der Waals surface area (Å²) in [6.07, 6.45) is -0.174. The minimum atomic E-state index is -0.475. The summed E-state index contributed by atoms with van der Waals surface area (Å²) >= 11 is 0. The van der Waals surface area contributed by atoms with E-state index >= 15 is 0 Å². The summed E-state index contributed by atoms with van der Waals surface area (Å²) in [4.78, 5) is 12.5. The highest BCUT2D eigenvalue weighted by molar-refractivity contribution is 5.59. The van der Waals surface area contributed by atoms with E-state index in [0.717, 1.165) is 12.1 Å². The quantitative estimate of drug-likeness (QED) is 0.480. The molecule has 2 unspecified atom stereocenters. The van der Waals surface area contributed by atoms with Crippen LogP contribution in [0.1, 0.15) is 12.5 Å². The molecule has 0 aliphatic carbocycles. The van der Waals surface area contributed by atoms with Crippen molar-refractivity contribution in [2.45, 2.75) is 25.7 Å². The maximum absolute atomic E-state index is 10.9. The van der Waals surface area contributed by atoms with E-state index in [-0.39, 0.29) is 30.2 Å². The number of nitro benzene ring substituents is 1. The van der Waals surface area contributed by atoms with E-state index in [1.165, 1.54) is 6.07 Å². The topological polar surface area (TPSA) is 102 Å². The number of nitrogens with two attached hydrogens (primary N) is 1. The van der Waals surface area contributed by atoms with E-state index in [2.05, 4.69) is 4.90 Å². The van der Waals surface area contributed by atoms with Crippen molar-refractivity contribution in [3.63, 3.8) is 0 Å². The molecule has 0 amide bonds. The third-order valence-electron chi connectivity index (χ3n) is 3.30. The van der Waals surface area contributed by atoms with E-state index in [0.29, 0.717) is 13.1 Å². The van der Waals surface area contributed by atoms with Crippen molar-refractivity contribution in [2.24, 2.45) is 0 Å². The van der Waals surface area contributed by atoms with Crippen molar-refractivity contribution >= 4 is 11.4 Å². The number of nitro groups is 1. The summed E-state index contributed by atoms with van der Waals surface area (Å²) in [5, 5.41) is 20.1. The van der Waals surface area contributed by atoms with E-state index < -0.39 is 4.92 Å². The molecule has 0 aromatic heterocycles. The number of aliphatic hydroxyl groups excluding tert-OH is 1. The maximum atomic E-state index is 10.9. The molecule has 110 valence electrons. The first-order valence-electron chi connectivity index (χ1n) is 6.51. The number of aliphatic hydroxyl groups is 1. The minimum absolute atomic E-state index is 0.0251. The number of benzene rings is 1. The molecule has 0 bridgehead atoms. The Bertz CT molecular complexity index is 495. The highest BCUT2D eigenvalue weighted by Crippen LogP contribution is 2.24. The summed E-state index contributed by atoms with van der Waals surface area (Å²) in [6, 6.07) is 4.85. The van der Waals surface area contributed by atoms with Gasteiger partial charge in [-0.25, -0.2) is 0 Å². The Morgan fingerprint density at radius 1 is 1.55 bits per heavy atom. The van der Waals surface area contributed by atoms with Crippen LogP contribution < -0.4 is 5.73 Å². The van der Waals surface area contributed by atoms with Crippen molar-refractivity contribution in [2.75, 3.05) is 25.4 Å². The van der Waals surface area contributed by atoms with Crippen LogP contribution in [-0.4, -0.2) is 46.8 Å². The number of hydrogen-bond acceptors (Lipinski definition) is 6. The van der Waals surface area contributed by atoms with Gasteiger partial charge in [-0.05, 0) is 18.6 Å². The Hall–Kier alpha value is -1.70. The van der Waals surface area contributed by atoms with Crippen molar-refractivity contribution in [1.82, 2.24) is 4.90 Å². The minimum Gasteiger partial charge on any atom is -0.394 e. The van der Waals surface area contributed by atoms with Gasteiger partial charge in [0.2, 0.25) is 0 Å². The van der Waals surface area contributed by atoms with E-state index in [1.807, 2.05) is 6.92 Å². The third kappa shape index (κ3) is 3.44.